The number of ether oxygens (including phenoxy) is 2. The summed E-state index contributed by atoms with van der Waals surface area (Å²) < 4.78 is 50.6. The molecule has 0 saturated heterocycles. The standard InChI is InChI=1S/C21H20F3N3O4/c1-20(2,3)31-19(29)27-16(10-15-8-12(5-6-25-15)18(28)30-4)9-13-7-14(21(22,23)24)11-26-17(13)27/h5-9,11H,10H2,1-4H3. The van der Waals surface area contributed by atoms with Gasteiger partial charge in [0, 0.05) is 35.6 Å². The van der Waals surface area contributed by atoms with Crippen LogP contribution in [0.5, 0.6) is 0 Å². The molecule has 7 nitrogen and oxygen atoms in total. The van der Waals surface area contributed by atoms with Crippen LogP contribution in [0.4, 0.5) is 18.0 Å². The number of rotatable bonds is 3. The molecule has 3 heterocycles. The molecule has 0 radical (unpaired) electrons. The van der Waals surface area contributed by atoms with Crippen molar-refractivity contribution in [3.05, 3.63) is 59.2 Å². The van der Waals surface area contributed by atoms with Gasteiger partial charge in [0.1, 0.15) is 11.2 Å². The largest absolute Gasteiger partial charge is 0.465 e. The smallest absolute Gasteiger partial charge is 0.420 e. The minimum atomic E-state index is -4.58. The Kier molecular flexibility index (Phi) is 5.75. The van der Waals surface area contributed by atoms with Crippen molar-refractivity contribution in [2.45, 2.75) is 39.0 Å². The fourth-order valence-corrected chi connectivity index (χ4v) is 2.95. The Morgan fingerprint density at radius 2 is 1.81 bits per heavy atom. The van der Waals surface area contributed by atoms with E-state index >= 15 is 0 Å². The lowest BCUT2D eigenvalue weighted by Gasteiger charge is -2.20. The lowest BCUT2D eigenvalue weighted by atomic mass is 10.1. The molecule has 164 valence electrons. The first-order valence-corrected chi connectivity index (χ1v) is 9.23. The molecule has 0 unspecified atom stereocenters. The quantitative estimate of drug-likeness (QED) is 0.559. The summed E-state index contributed by atoms with van der Waals surface area (Å²) >= 11 is 0. The topological polar surface area (TPSA) is 83.3 Å². The van der Waals surface area contributed by atoms with Crippen LogP contribution in [-0.2, 0) is 22.1 Å². The number of carbonyl (C=O) groups excluding carboxylic acids is 2. The normalized spacial score (nSPS) is 12.1. The Morgan fingerprint density at radius 3 is 2.42 bits per heavy atom. The minimum Gasteiger partial charge on any atom is -0.465 e. The number of halogens is 3. The van der Waals surface area contributed by atoms with E-state index in [0.717, 1.165) is 10.6 Å². The lowest BCUT2D eigenvalue weighted by molar-refractivity contribution is -0.137. The van der Waals surface area contributed by atoms with E-state index in [1.165, 1.54) is 31.5 Å². The van der Waals surface area contributed by atoms with Crippen LogP contribution in [0.25, 0.3) is 11.0 Å². The van der Waals surface area contributed by atoms with Gasteiger partial charge in [0.15, 0.2) is 0 Å². The van der Waals surface area contributed by atoms with E-state index in [1.54, 1.807) is 20.8 Å². The predicted molar refractivity (Wildman–Crippen MR) is 105 cm³/mol. The van der Waals surface area contributed by atoms with Crippen molar-refractivity contribution in [2.24, 2.45) is 0 Å². The van der Waals surface area contributed by atoms with E-state index in [9.17, 15) is 22.8 Å². The molecule has 0 fully saturated rings. The summed E-state index contributed by atoms with van der Waals surface area (Å²) in [6.07, 6.45) is -3.24. The predicted octanol–water partition coefficient (Wildman–Crippen LogP) is 4.61. The Hall–Kier alpha value is -3.43. The van der Waals surface area contributed by atoms with Crippen molar-refractivity contribution < 1.29 is 32.2 Å². The second-order valence-electron chi connectivity index (χ2n) is 7.79. The third-order valence-corrected chi connectivity index (χ3v) is 4.22. The minimum absolute atomic E-state index is 0.0290. The number of pyridine rings is 2. The summed E-state index contributed by atoms with van der Waals surface area (Å²) in [7, 11) is 1.24. The molecule has 0 aliphatic rings. The third kappa shape index (κ3) is 5.01. The fraction of sp³-hybridized carbons (Fsp3) is 0.333. The maximum Gasteiger partial charge on any atom is 0.420 e. The molecule has 0 atom stereocenters. The highest BCUT2D eigenvalue weighted by molar-refractivity contribution is 5.90. The van der Waals surface area contributed by atoms with Gasteiger partial charge in [-0.3, -0.25) is 4.98 Å². The molecular weight excluding hydrogens is 415 g/mol. The van der Waals surface area contributed by atoms with E-state index in [4.69, 9.17) is 4.74 Å². The number of esters is 1. The summed E-state index contributed by atoms with van der Waals surface area (Å²) in [6.45, 7) is 5.02. The zero-order chi connectivity index (χ0) is 23.0. The number of hydrogen-bond donors (Lipinski definition) is 0. The highest BCUT2D eigenvalue weighted by Crippen LogP contribution is 2.32. The van der Waals surface area contributed by atoms with E-state index in [0.29, 0.717) is 17.6 Å². The maximum absolute atomic E-state index is 13.1. The van der Waals surface area contributed by atoms with Gasteiger partial charge < -0.3 is 9.47 Å². The molecule has 10 heteroatoms. The summed E-state index contributed by atoms with van der Waals surface area (Å²) in [4.78, 5) is 32.7. The van der Waals surface area contributed by atoms with Crippen LogP contribution >= 0.6 is 0 Å². The first kappa shape index (κ1) is 22.3. The monoisotopic (exact) mass is 435 g/mol. The molecule has 0 aliphatic carbocycles. The van der Waals surface area contributed by atoms with Crippen LogP contribution in [0.3, 0.4) is 0 Å². The summed E-state index contributed by atoms with van der Waals surface area (Å²) in [5.41, 5.74) is -0.762. The molecule has 0 amide bonds. The van der Waals surface area contributed by atoms with Gasteiger partial charge in [-0.2, -0.15) is 13.2 Å². The van der Waals surface area contributed by atoms with Crippen LogP contribution < -0.4 is 0 Å². The lowest BCUT2D eigenvalue weighted by Crippen LogP contribution is -2.28. The van der Waals surface area contributed by atoms with Gasteiger partial charge in [-0.15, -0.1) is 0 Å². The summed E-state index contributed by atoms with van der Waals surface area (Å²) in [5, 5.41) is 0.125. The van der Waals surface area contributed by atoms with Crippen molar-refractivity contribution >= 4 is 23.1 Å². The molecule has 0 saturated carbocycles. The number of methoxy groups -OCH3 is 1. The second-order valence-corrected chi connectivity index (χ2v) is 7.79. The highest BCUT2D eigenvalue weighted by Gasteiger charge is 2.32. The number of alkyl halides is 3. The van der Waals surface area contributed by atoms with Crippen LogP contribution in [0.1, 0.15) is 48.1 Å². The van der Waals surface area contributed by atoms with Crippen molar-refractivity contribution in [3.8, 4) is 0 Å². The van der Waals surface area contributed by atoms with E-state index in [1.807, 2.05) is 0 Å². The molecule has 0 bridgehead atoms. The van der Waals surface area contributed by atoms with Crippen LogP contribution in [0.15, 0.2) is 36.7 Å². The van der Waals surface area contributed by atoms with Gasteiger partial charge in [-0.1, -0.05) is 0 Å². The molecule has 3 rings (SSSR count). The van der Waals surface area contributed by atoms with Gasteiger partial charge in [-0.05, 0) is 45.0 Å². The first-order valence-electron chi connectivity index (χ1n) is 9.23. The number of aromatic nitrogens is 3. The van der Waals surface area contributed by atoms with Gasteiger partial charge in [0.25, 0.3) is 0 Å². The molecule has 0 N–H and O–H groups in total. The van der Waals surface area contributed by atoms with Crippen LogP contribution in [0, 0.1) is 0 Å². The van der Waals surface area contributed by atoms with E-state index < -0.39 is 29.4 Å². The zero-order valence-corrected chi connectivity index (χ0v) is 17.3. The summed E-state index contributed by atoms with van der Waals surface area (Å²) in [5.74, 6) is -0.562. The molecule has 3 aromatic heterocycles. The third-order valence-electron chi connectivity index (χ3n) is 4.22. The number of fused-ring (bicyclic) bond motifs is 1. The fourth-order valence-electron chi connectivity index (χ4n) is 2.95. The Bertz CT molecular complexity index is 1150. The van der Waals surface area contributed by atoms with Crippen molar-refractivity contribution in [2.75, 3.05) is 7.11 Å². The van der Waals surface area contributed by atoms with Crippen molar-refractivity contribution in [1.82, 2.24) is 14.5 Å². The maximum atomic E-state index is 13.1. The average molecular weight is 435 g/mol. The molecule has 0 spiro atoms. The SMILES string of the molecule is COC(=O)c1ccnc(Cc2cc3cc(C(F)(F)F)cnc3n2C(=O)OC(C)(C)C)c1. The second kappa shape index (κ2) is 8.01. The van der Waals surface area contributed by atoms with Crippen LogP contribution in [-0.4, -0.2) is 39.3 Å². The zero-order valence-electron chi connectivity index (χ0n) is 17.3. The van der Waals surface area contributed by atoms with Gasteiger partial charge in [-0.25, -0.2) is 19.1 Å². The molecule has 3 aromatic rings. The Labute approximate surface area is 175 Å². The van der Waals surface area contributed by atoms with Crippen molar-refractivity contribution in [3.63, 3.8) is 0 Å². The van der Waals surface area contributed by atoms with E-state index in [-0.39, 0.29) is 23.0 Å². The van der Waals surface area contributed by atoms with Crippen LogP contribution in [0.2, 0.25) is 0 Å². The molecule has 0 aliphatic heterocycles. The highest BCUT2D eigenvalue weighted by atomic mass is 19.4. The number of nitrogens with zero attached hydrogens (tertiary/aromatic N) is 3. The van der Waals surface area contributed by atoms with Crippen molar-refractivity contribution in [1.29, 1.82) is 0 Å². The van der Waals surface area contributed by atoms with E-state index in [2.05, 4.69) is 14.7 Å². The molecular formula is C21H20F3N3O4. The Morgan fingerprint density at radius 1 is 1.10 bits per heavy atom. The molecule has 0 aromatic carbocycles. The molecule has 31 heavy (non-hydrogen) atoms. The summed E-state index contributed by atoms with van der Waals surface area (Å²) in [6, 6.07) is 5.30. The van der Waals surface area contributed by atoms with Gasteiger partial charge in [0.05, 0.1) is 18.2 Å². The number of carbonyl (C=O) groups is 2. The number of hydrogen-bond acceptors (Lipinski definition) is 6. The average Bonchev–Trinajstić information content (AvgIpc) is 3.02. The first-order chi connectivity index (χ1) is 14.4. The van der Waals surface area contributed by atoms with Gasteiger partial charge >= 0.3 is 18.2 Å². The van der Waals surface area contributed by atoms with Gasteiger partial charge in [0.2, 0.25) is 0 Å². The Balaban J connectivity index is 2.11.